The monoisotopic (exact) mass is 255 g/mol. The van der Waals surface area contributed by atoms with E-state index in [0.29, 0.717) is 4.77 Å². The van der Waals surface area contributed by atoms with E-state index in [-0.39, 0.29) is 5.54 Å². The van der Waals surface area contributed by atoms with E-state index in [1.54, 1.807) is 0 Å². The summed E-state index contributed by atoms with van der Waals surface area (Å²) in [5.74, 6) is 0.810. The Hall–Kier alpha value is -1.08. The number of aromatic nitrogens is 5. The van der Waals surface area contributed by atoms with Gasteiger partial charge in [-0.2, -0.15) is 5.10 Å². The zero-order chi connectivity index (χ0) is 11.9. The van der Waals surface area contributed by atoms with Crippen LogP contribution in [0.2, 0.25) is 0 Å². The van der Waals surface area contributed by atoms with E-state index in [1.807, 2.05) is 11.5 Å². The minimum Gasteiger partial charge on any atom is -0.294 e. The number of rotatable bonds is 1. The third-order valence-corrected chi connectivity index (χ3v) is 3.30. The molecule has 2 heterocycles. The Kier molecular flexibility index (Phi) is 2.67. The van der Waals surface area contributed by atoms with Gasteiger partial charge in [0.05, 0.1) is 5.69 Å². The van der Waals surface area contributed by atoms with Gasteiger partial charge in [0.25, 0.3) is 0 Å². The van der Waals surface area contributed by atoms with Crippen LogP contribution in [0.25, 0.3) is 10.7 Å². The van der Waals surface area contributed by atoms with Crippen LogP contribution in [0.3, 0.4) is 0 Å². The topological polar surface area (TPSA) is 59.4 Å². The van der Waals surface area contributed by atoms with Crippen LogP contribution >= 0.6 is 23.8 Å². The third-order valence-electron chi connectivity index (χ3n) is 2.20. The lowest BCUT2D eigenvalue weighted by Crippen LogP contribution is -2.22. The smallest absolute Gasteiger partial charge is 0.195 e. The van der Waals surface area contributed by atoms with Crippen LogP contribution in [0.15, 0.2) is 0 Å². The van der Waals surface area contributed by atoms with Gasteiger partial charge in [0.2, 0.25) is 0 Å². The number of aromatic amines is 1. The standard InChI is InChI=1S/C9H13N5S2/c1-5-6(16-13-10-5)7-11-12-8(15)14(7)9(2,3)4/h1-4H3,(H,12,15). The van der Waals surface area contributed by atoms with Gasteiger partial charge in [-0.3, -0.25) is 9.67 Å². The summed E-state index contributed by atoms with van der Waals surface area (Å²) in [6.07, 6.45) is 0. The van der Waals surface area contributed by atoms with E-state index in [9.17, 15) is 0 Å². The van der Waals surface area contributed by atoms with E-state index in [1.165, 1.54) is 11.5 Å². The molecule has 0 saturated carbocycles. The zero-order valence-corrected chi connectivity index (χ0v) is 11.2. The number of hydrogen-bond acceptors (Lipinski definition) is 5. The van der Waals surface area contributed by atoms with Gasteiger partial charge in [0.1, 0.15) is 4.88 Å². The van der Waals surface area contributed by atoms with Gasteiger partial charge in [-0.1, -0.05) is 4.49 Å². The Bertz CT molecular complexity index is 557. The molecule has 2 aromatic rings. The molecule has 0 aliphatic carbocycles. The van der Waals surface area contributed by atoms with Crippen molar-refractivity contribution in [3.05, 3.63) is 10.5 Å². The van der Waals surface area contributed by atoms with Gasteiger partial charge in [0.15, 0.2) is 10.6 Å². The van der Waals surface area contributed by atoms with Gasteiger partial charge in [0, 0.05) is 5.54 Å². The van der Waals surface area contributed by atoms with Crippen molar-refractivity contribution in [1.29, 1.82) is 0 Å². The molecule has 5 nitrogen and oxygen atoms in total. The van der Waals surface area contributed by atoms with Gasteiger partial charge in [-0.05, 0) is 51.4 Å². The summed E-state index contributed by atoms with van der Waals surface area (Å²) in [5, 5.41) is 11.1. The number of nitrogens with one attached hydrogen (secondary N) is 1. The van der Waals surface area contributed by atoms with Crippen LogP contribution in [-0.4, -0.2) is 24.4 Å². The first-order chi connectivity index (χ1) is 7.41. The van der Waals surface area contributed by atoms with Crippen molar-refractivity contribution in [2.75, 3.05) is 0 Å². The Morgan fingerprint density at radius 3 is 2.56 bits per heavy atom. The van der Waals surface area contributed by atoms with Gasteiger partial charge in [-0.25, -0.2) is 0 Å². The molecule has 0 spiro atoms. The first kappa shape index (κ1) is 11.4. The summed E-state index contributed by atoms with van der Waals surface area (Å²) in [7, 11) is 0. The van der Waals surface area contributed by atoms with Crippen LogP contribution in [0.4, 0.5) is 0 Å². The molecule has 0 amide bonds. The average molecular weight is 255 g/mol. The molecular weight excluding hydrogens is 242 g/mol. The second-order valence-electron chi connectivity index (χ2n) is 4.55. The second-order valence-corrected chi connectivity index (χ2v) is 5.69. The number of aryl methyl sites for hydroxylation is 1. The second kappa shape index (κ2) is 3.74. The lowest BCUT2D eigenvalue weighted by molar-refractivity contribution is 0.395. The molecular formula is C9H13N5S2. The molecule has 16 heavy (non-hydrogen) atoms. The maximum absolute atomic E-state index is 5.25. The van der Waals surface area contributed by atoms with Gasteiger partial charge >= 0.3 is 0 Å². The average Bonchev–Trinajstić information content (AvgIpc) is 2.69. The van der Waals surface area contributed by atoms with Crippen molar-refractivity contribution < 1.29 is 0 Å². The summed E-state index contributed by atoms with van der Waals surface area (Å²) < 4.78 is 6.53. The summed E-state index contributed by atoms with van der Waals surface area (Å²) in [4.78, 5) is 0.960. The molecule has 0 aromatic carbocycles. The van der Waals surface area contributed by atoms with E-state index in [0.717, 1.165) is 16.4 Å². The molecule has 0 aliphatic rings. The van der Waals surface area contributed by atoms with Crippen LogP contribution < -0.4 is 0 Å². The largest absolute Gasteiger partial charge is 0.294 e. The molecule has 2 aromatic heterocycles. The number of hydrogen-bond donors (Lipinski definition) is 1. The maximum atomic E-state index is 5.25. The predicted molar refractivity (Wildman–Crippen MR) is 66.0 cm³/mol. The molecule has 0 bridgehead atoms. The maximum Gasteiger partial charge on any atom is 0.195 e. The van der Waals surface area contributed by atoms with Crippen molar-refractivity contribution in [3.8, 4) is 10.7 Å². The normalized spacial score (nSPS) is 12.0. The van der Waals surface area contributed by atoms with E-state index < -0.39 is 0 Å². The number of nitrogens with zero attached hydrogens (tertiary/aromatic N) is 4. The first-order valence-electron chi connectivity index (χ1n) is 4.88. The summed E-state index contributed by atoms with van der Waals surface area (Å²) in [5.41, 5.74) is 0.764. The van der Waals surface area contributed by atoms with Gasteiger partial charge in [-0.15, -0.1) is 5.10 Å². The minimum atomic E-state index is -0.115. The van der Waals surface area contributed by atoms with E-state index in [4.69, 9.17) is 12.2 Å². The van der Waals surface area contributed by atoms with Crippen LogP contribution in [0.1, 0.15) is 26.5 Å². The molecule has 0 saturated heterocycles. The molecule has 86 valence electrons. The number of H-pyrrole nitrogens is 1. The summed E-state index contributed by atoms with van der Waals surface area (Å²) >= 11 is 6.58. The molecule has 0 aliphatic heterocycles. The molecule has 1 N–H and O–H groups in total. The Labute approximate surface area is 103 Å². The Morgan fingerprint density at radius 2 is 2.06 bits per heavy atom. The van der Waals surface area contributed by atoms with Crippen molar-refractivity contribution >= 4 is 23.8 Å². The fourth-order valence-electron chi connectivity index (χ4n) is 1.51. The molecule has 0 fully saturated rings. The fraction of sp³-hybridized carbons (Fsp3) is 0.556. The highest BCUT2D eigenvalue weighted by atomic mass is 32.1. The summed E-state index contributed by atoms with van der Waals surface area (Å²) in [6.45, 7) is 8.19. The minimum absolute atomic E-state index is 0.115. The molecule has 2 rings (SSSR count). The van der Waals surface area contributed by atoms with Crippen LogP contribution in [0, 0.1) is 11.7 Å². The highest BCUT2D eigenvalue weighted by Gasteiger charge is 2.22. The first-order valence-corrected chi connectivity index (χ1v) is 6.06. The van der Waals surface area contributed by atoms with Crippen LogP contribution in [0.5, 0.6) is 0 Å². The fourth-order valence-corrected chi connectivity index (χ4v) is 2.55. The zero-order valence-electron chi connectivity index (χ0n) is 9.61. The van der Waals surface area contributed by atoms with E-state index >= 15 is 0 Å². The quantitative estimate of drug-likeness (QED) is 0.795. The summed E-state index contributed by atoms with van der Waals surface area (Å²) in [6, 6.07) is 0. The third kappa shape index (κ3) is 1.80. The molecule has 0 radical (unpaired) electrons. The SMILES string of the molecule is Cc1nnsc1-c1n[nH]c(=S)n1C(C)(C)C. The van der Waals surface area contributed by atoms with Crippen molar-refractivity contribution in [3.63, 3.8) is 0 Å². The lowest BCUT2D eigenvalue weighted by Gasteiger charge is -2.21. The Morgan fingerprint density at radius 1 is 1.38 bits per heavy atom. The van der Waals surface area contributed by atoms with Crippen molar-refractivity contribution in [2.24, 2.45) is 0 Å². The molecule has 7 heteroatoms. The lowest BCUT2D eigenvalue weighted by atomic mass is 10.1. The van der Waals surface area contributed by atoms with Crippen molar-refractivity contribution in [1.82, 2.24) is 24.4 Å². The van der Waals surface area contributed by atoms with Crippen LogP contribution in [-0.2, 0) is 5.54 Å². The molecule has 0 unspecified atom stereocenters. The molecule has 0 atom stereocenters. The van der Waals surface area contributed by atoms with E-state index in [2.05, 4.69) is 40.6 Å². The Balaban J connectivity index is 2.69. The predicted octanol–water partition coefficient (Wildman–Crippen LogP) is 2.52. The highest BCUT2D eigenvalue weighted by molar-refractivity contribution is 7.71. The van der Waals surface area contributed by atoms with Crippen molar-refractivity contribution in [2.45, 2.75) is 33.2 Å². The van der Waals surface area contributed by atoms with Gasteiger partial charge < -0.3 is 0 Å². The highest BCUT2D eigenvalue weighted by Crippen LogP contribution is 2.28.